The van der Waals surface area contributed by atoms with Gasteiger partial charge in [0.2, 0.25) is 0 Å². The topological polar surface area (TPSA) is 12.0 Å². The van der Waals surface area contributed by atoms with E-state index in [4.69, 9.17) is 11.6 Å². The molecule has 0 bridgehead atoms. The van der Waals surface area contributed by atoms with Crippen LogP contribution < -0.4 is 5.32 Å². The van der Waals surface area contributed by atoms with E-state index in [1.54, 1.807) is 0 Å². The highest BCUT2D eigenvalue weighted by Crippen LogP contribution is 1.97. The first-order chi connectivity index (χ1) is 4.66. The summed E-state index contributed by atoms with van der Waals surface area (Å²) < 4.78 is 0. The molecule has 0 aliphatic rings. The summed E-state index contributed by atoms with van der Waals surface area (Å²) in [5, 5.41) is 3.56. The van der Waals surface area contributed by atoms with E-state index in [1.165, 1.54) is 6.42 Å². The van der Waals surface area contributed by atoms with E-state index >= 15 is 0 Å². The van der Waals surface area contributed by atoms with E-state index in [9.17, 15) is 0 Å². The summed E-state index contributed by atoms with van der Waals surface area (Å²) >= 11 is 5.74. The fourth-order valence-corrected chi connectivity index (χ4v) is 0.782. The van der Waals surface area contributed by atoms with Crippen LogP contribution in [0.15, 0.2) is 0 Å². The fourth-order valence-electron chi connectivity index (χ4n) is 0.673. The van der Waals surface area contributed by atoms with Gasteiger partial charge in [0, 0.05) is 11.9 Å². The van der Waals surface area contributed by atoms with Crippen LogP contribution in [0.5, 0.6) is 0 Å². The predicted molar refractivity (Wildman–Crippen MR) is 47.6 cm³/mol. The molecule has 2 unspecified atom stereocenters. The number of alkyl halides is 1. The highest BCUT2D eigenvalue weighted by atomic mass is 35.5. The first kappa shape index (κ1) is 10.2. The van der Waals surface area contributed by atoms with Crippen molar-refractivity contribution in [3.63, 3.8) is 0 Å². The van der Waals surface area contributed by atoms with E-state index in [-0.39, 0.29) is 5.38 Å². The quantitative estimate of drug-likeness (QED) is 0.614. The van der Waals surface area contributed by atoms with E-state index in [1.807, 2.05) is 6.92 Å². The van der Waals surface area contributed by atoms with Crippen LogP contribution in [0.25, 0.3) is 0 Å². The van der Waals surface area contributed by atoms with Crippen LogP contribution in [0.1, 0.15) is 27.2 Å². The molecule has 0 aliphatic carbocycles. The molecule has 1 N–H and O–H groups in total. The van der Waals surface area contributed by atoms with Crippen LogP contribution in [0, 0.1) is 5.92 Å². The molecular formula is C8H18ClN. The zero-order valence-electron chi connectivity index (χ0n) is 7.15. The van der Waals surface area contributed by atoms with Crippen LogP contribution in [0.3, 0.4) is 0 Å². The van der Waals surface area contributed by atoms with Gasteiger partial charge in [0.1, 0.15) is 0 Å². The third-order valence-electron chi connectivity index (χ3n) is 1.62. The molecule has 0 saturated heterocycles. The van der Waals surface area contributed by atoms with Crippen molar-refractivity contribution in [2.75, 3.05) is 13.1 Å². The molecule has 10 heavy (non-hydrogen) atoms. The van der Waals surface area contributed by atoms with Crippen LogP contribution in [-0.2, 0) is 0 Å². The molecule has 1 nitrogen and oxygen atoms in total. The van der Waals surface area contributed by atoms with Crippen molar-refractivity contribution in [1.82, 2.24) is 5.32 Å². The van der Waals surface area contributed by atoms with Gasteiger partial charge >= 0.3 is 0 Å². The van der Waals surface area contributed by atoms with E-state index in [2.05, 4.69) is 19.2 Å². The Bertz CT molecular complexity index is 73.7. The molecule has 0 rings (SSSR count). The molecule has 0 heterocycles. The predicted octanol–water partition coefficient (Wildman–Crippen LogP) is 2.25. The SMILES string of the molecule is CCC(C)CNCC(C)Cl. The minimum Gasteiger partial charge on any atom is -0.315 e. The Labute approximate surface area is 69.1 Å². The lowest BCUT2D eigenvalue weighted by Crippen LogP contribution is -2.26. The normalized spacial score (nSPS) is 16.8. The standard InChI is InChI=1S/C8H18ClN/c1-4-7(2)5-10-6-8(3)9/h7-8,10H,4-6H2,1-3H3. The largest absolute Gasteiger partial charge is 0.315 e. The zero-order valence-corrected chi connectivity index (χ0v) is 7.91. The highest BCUT2D eigenvalue weighted by molar-refractivity contribution is 6.20. The first-order valence-electron chi connectivity index (χ1n) is 4.01. The molecule has 0 aromatic carbocycles. The molecule has 2 atom stereocenters. The Balaban J connectivity index is 3.03. The second-order valence-electron chi connectivity index (χ2n) is 2.95. The molecule has 2 heteroatoms. The maximum Gasteiger partial charge on any atom is 0.0432 e. The Kier molecular flexibility index (Phi) is 6.14. The van der Waals surface area contributed by atoms with Gasteiger partial charge < -0.3 is 5.32 Å². The lowest BCUT2D eigenvalue weighted by Gasteiger charge is -2.10. The molecule has 0 aromatic rings. The maximum absolute atomic E-state index is 5.74. The molecule has 0 spiro atoms. The van der Waals surface area contributed by atoms with Crippen molar-refractivity contribution >= 4 is 11.6 Å². The Hall–Kier alpha value is 0.250. The number of hydrogen-bond donors (Lipinski definition) is 1. The number of rotatable bonds is 5. The highest BCUT2D eigenvalue weighted by Gasteiger charge is 1.98. The summed E-state index contributed by atoms with van der Waals surface area (Å²) in [5.41, 5.74) is 0. The van der Waals surface area contributed by atoms with Gasteiger partial charge in [0.15, 0.2) is 0 Å². The van der Waals surface area contributed by atoms with Crippen molar-refractivity contribution in [1.29, 1.82) is 0 Å². The molecular weight excluding hydrogens is 146 g/mol. The summed E-state index contributed by atoms with van der Waals surface area (Å²) in [5.74, 6) is 0.774. The van der Waals surface area contributed by atoms with Crippen molar-refractivity contribution < 1.29 is 0 Å². The van der Waals surface area contributed by atoms with E-state index < -0.39 is 0 Å². The van der Waals surface area contributed by atoms with Gasteiger partial charge in [-0.1, -0.05) is 20.3 Å². The molecule has 0 radical (unpaired) electrons. The summed E-state index contributed by atoms with van der Waals surface area (Å²) in [6.07, 6.45) is 1.24. The Morgan fingerprint density at radius 3 is 2.30 bits per heavy atom. The summed E-state index contributed by atoms with van der Waals surface area (Å²) in [4.78, 5) is 0. The van der Waals surface area contributed by atoms with Gasteiger partial charge in [-0.05, 0) is 19.4 Å². The molecule has 0 amide bonds. The minimum atomic E-state index is 0.254. The monoisotopic (exact) mass is 163 g/mol. The average molecular weight is 164 g/mol. The van der Waals surface area contributed by atoms with Gasteiger partial charge in [-0.25, -0.2) is 0 Å². The number of halogens is 1. The first-order valence-corrected chi connectivity index (χ1v) is 4.45. The smallest absolute Gasteiger partial charge is 0.0432 e. The minimum absolute atomic E-state index is 0.254. The molecule has 0 fully saturated rings. The van der Waals surface area contributed by atoms with Crippen LogP contribution >= 0.6 is 11.6 Å². The van der Waals surface area contributed by atoms with Crippen molar-refractivity contribution in [3.8, 4) is 0 Å². The lowest BCUT2D eigenvalue weighted by molar-refractivity contribution is 0.501. The molecule has 62 valence electrons. The Morgan fingerprint density at radius 1 is 1.30 bits per heavy atom. The zero-order chi connectivity index (χ0) is 7.98. The lowest BCUT2D eigenvalue weighted by atomic mass is 10.1. The number of nitrogens with one attached hydrogen (secondary N) is 1. The van der Waals surface area contributed by atoms with Gasteiger partial charge in [-0.2, -0.15) is 0 Å². The second kappa shape index (κ2) is 5.99. The van der Waals surface area contributed by atoms with Crippen LogP contribution in [-0.4, -0.2) is 18.5 Å². The maximum atomic E-state index is 5.74. The molecule has 0 saturated carbocycles. The van der Waals surface area contributed by atoms with Crippen LogP contribution in [0.4, 0.5) is 0 Å². The summed E-state index contributed by atoms with van der Waals surface area (Å²) in [6, 6.07) is 0. The van der Waals surface area contributed by atoms with Crippen molar-refractivity contribution in [3.05, 3.63) is 0 Å². The van der Waals surface area contributed by atoms with Gasteiger partial charge in [0.25, 0.3) is 0 Å². The summed E-state index contributed by atoms with van der Waals surface area (Å²) in [6.45, 7) is 8.47. The second-order valence-corrected chi connectivity index (χ2v) is 3.70. The van der Waals surface area contributed by atoms with Gasteiger partial charge in [-0.3, -0.25) is 0 Å². The van der Waals surface area contributed by atoms with Crippen molar-refractivity contribution in [2.24, 2.45) is 5.92 Å². The number of hydrogen-bond acceptors (Lipinski definition) is 1. The third-order valence-corrected chi connectivity index (χ3v) is 1.77. The fraction of sp³-hybridized carbons (Fsp3) is 1.00. The molecule has 0 aliphatic heterocycles. The van der Waals surface area contributed by atoms with Crippen molar-refractivity contribution in [2.45, 2.75) is 32.6 Å². The summed E-state index contributed by atoms with van der Waals surface area (Å²) in [7, 11) is 0. The van der Waals surface area contributed by atoms with E-state index in [0.29, 0.717) is 0 Å². The van der Waals surface area contributed by atoms with E-state index in [0.717, 1.165) is 19.0 Å². The molecule has 0 aromatic heterocycles. The van der Waals surface area contributed by atoms with Gasteiger partial charge in [0.05, 0.1) is 0 Å². The van der Waals surface area contributed by atoms with Gasteiger partial charge in [-0.15, -0.1) is 11.6 Å². The average Bonchev–Trinajstić information content (AvgIpc) is 1.87. The van der Waals surface area contributed by atoms with Crippen LogP contribution in [0.2, 0.25) is 0 Å². The Morgan fingerprint density at radius 2 is 1.90 bits per heavy atom. The third kappa shape index (κ3) is 6.37.